The summed E-state index contributed by atoms with van der Waals surface area (Å²) in [6, 6.07) is 24.3. The highest BCUT2D eigenvalue weighted by Crippen LogP contribution is 2.32. The van der Waals surface area contributed by atoms with Crippen LogP contribution in [0.5, 0.6) is 0 Å². The number of carbonyl (C=O) groups excluding carboxylic acids is 1. The third-order valence-corrected chi connectivity index (χ3v) is 6.99. The van der Waals surface area contributed by atoms with Crippen molar-refractivity contribution in [2.24, 2.45) is 0 Å². The van der Waals surface area contributed by atoms with Gasteiger partial charge < -0.3 is 4.57 Å². The minimum atomic E-state index is -0.0256. The maximum atomic E-state index is 13.7. The number of hydrogen-bond donors (Lipinski definition) is 0. The van der Waals surface area contributed by atoms with Crippen LogP contribution in [0.25, 0.3) is 21.3 Å². The molecule has 35 heavy (non-hydrogen) atoms. The molecule has 3 aromatic carbocycles. The van der Waals surface area contributed by atoms with Gasteiger partial charge in [0.1, 0.15) is 0 Å². The predicted molar refractivity (Wildman–Crippen MR) is 147 cm³/mol. The van der Waals surface area contributed by atoms with Gasteiger partial charge in [-0.2, -0.15) is 0 Å². The first kappa shape index (κ1) is 24.6. The monoisotopic (exact) mass is 502 g/mol. The average molecular weight is 503 g/mol. The van der Waals surface area contributed by atoms with E-state index in [0.29, 0.717) is 12.1 Å². The second-order valence-electron chi connectivity index (χ2n) is 8.17. The van der Waals surface area contributed by atoms with Crippen LogP contribution in [0, 0.1) is 0 Å². The summed E-state index contributed by atoms with van der Waals surface area (Å²) in [5.41, 5.74) is 5.10. The molecule has 0 radical (unpaired) electrons. The summed E-state index contributed by atoms with van der Waals surface area (Å²) in [4.78, 5) is 24.6. The summed E-state index contributed by atoms with van der Waals surface area (Å²) in [6.07, 6.45) is 7.24. The van der Waals surface area contributed by atoms with Crippen LogP contribution >= 0.6 is 23.7 Å². The van der Waals surface area contributed by atoms with Crippen LogP contribution in [-0.2, 0) is 13.0 Å². The highest BCUT2D eigenvalue weighted by molar-refractivity contribution is 7.22. The average Bonchev–Trinajstić information content (AvgIpc) is 3.57. The van der Waals surface area contributed by atoms with E-state index in [1.165, 1.54) is 5.56 Å². The van der Waals surface area contributed by atoms with Crippen molar-refractivity contribution in [1.29, 1.82) is 0 Å². The number of amides is 1. The van der Waals surface area contributed by atoms with E-state index in [9.17, 15) is 4.79 Å². The van der Waals surface area contributed by atoms with Crippen LogP contribution < -0.4 is 4.90 Å². The fourth-order valence-corrected chi connectivity index (χ4v) is 5.14. The second-order valence-corrected chi connectivity index (χ2v) is 9.18. The van der Waals surface area contributed by atoms with E-state index in [1.54, 1.807) is 23.9 Å². The van der Waals surface area contributed by atoms with Gasteiger partial charge in [-0.05, 0) is 47.7 Å². The zero-order valence-corrected chi connectivity index (χ0v) is 21.1. The Labute approximate surface area is 215 Å². The van der Waals surface area contributed by atoms with Gasteiger partial charge >= 0.3 is 0 Å². The molecule has 0 N–H and O–H groups in total. The topological polar surface area (TPSA) is 51.0 Å². The third-order valence-electron chi connectivity index (χ3n) is 5.94. The maximum absolute atomic E-state index is 13.7. The fraction of sp³-hybridized carbons (Fsp3) is 0.179. The molecule has 0 bridgehead atoms. The largest absolute Gasteiger partial charge is 0.337 e. The van der Waals surface area contributed by atoms with Gasteiger partial charge in [-0.25, -0.2) is 9.97 Å². The van der Waals surface area contributed by atoms with Crippen molar-refractivity contribution in [1.82, 2.24) is 14.5 Å². The summed E-state index contributed by atoms with van der Waals surface area (Å²) in [7, 11) is 0. The van der Waals surface area contributed by atoms with Crippen LogP contribution in [0.4, 0.5) is 5.13 Å². The Morgan fingerprint density at radius 2 is 1.74 bits per heavy atom. The highest BCUT2D eigenvalue weighted by Gasteiger charge is 2.22. The number of nitrogens with zero attached hydrogens (tertiary/aromatic N) is 4. The van der Waals surface area contributed by atoms with Gasteiger partial charge in [0.05, 0.1) is 16.5 Å². The zero-order chi connectivity index (χ0) is 23.3. The number of para-hydroxylation sites is 1. The standard InChI is InChI=1S/C28H26N4OS.ClH/c1-2-21-10-6-11-25-26(21)30-28(34-25)32(18-7-17-31-19-16-29-20-31)27(33)24-14-12-23(13-15-24)22-8-4-3-5-9-22;/h3-6,8-16,19-20H,2,7,17-18H2,1H3;1H. The van der Waals surface area contributed by atoms with E-state index in [2.05, 4.69) is 42.2 Å². The Kier molecular flexibility index (Phi) is 7.95. The predicted octanol–water partition coefficient (Wildman–Crippen LogP) is 6.88. The third kappa shape index (κ3) is 5.45. The molecule has 0 atom stereocenters. The Hall–Kier alpha value is -3.48. The van der Waals surface area contributed by atoms with E-state index in [4.69, 9.17) is 4.98 Å². The molecule has 1 amide bonds. The Morgan fingerprint density at radius 3 is 2.46 bits per heavy atom. The molecule has 0 aliphatic heterocycles. The van der Waals surface area contributed by atoms with Crippen molar-refractivity contribution < 1.29 is 4.79 Å². The van der Waals surface area contributed by atoms with Gasteiger partial charge in [-0.15, -0.1) is 12.4 Å². The smallest absolute Gasteiger partial charge is 0.260 e. The first-order valence-electron chi connectivity index (χ1n) is 11.5. The van der Waals surface area contributed by atoms with Gasteiger partial charge in [-0.1, -0.05) is 72.9 Å². The number of aryl methyl sites for hydroxylation is 2. The van der Waals surface area contributed by atoms with Crippen LogP contribution in [-0.4, -0.2) is 27.0 Å². The number of halogens is 1. The highest BCUT2D eigenvalue weighted by atomic mass is 35.5. The molecule has 7 heteroatoms. The second kappa shape index (κ2) is 11.3. The number of hydrogen-bond acceptors (Lipinski definition) is 4. The normalized spacial score (nSPS) is 10.8. The Balaban J connectivity index is 0.00000289. The minimum Gasteiger partial charge on any atom is -0.337 e. The molecule has 178 valence electrons. The van der Waals surface area contributed by atoms with Crippen molar-refractivity contribution in [2.45, 2.75) is 26.3 Å². The molecule has 0 aliphatic carbocycles. The number of imidazole rings is 1. The van der Waals surface area contributed by atoms with E-state index in [0.717, 1.165) is 45.9 Å². The number of thiazole rings is 1. The quantitative estimate of drug-likeness (QED) is 0.232. The lowest BCUT2D eigenvalue weighted by molar-refractivity contribution is 0.0986. The number of aromatic nitrogens is 3. The molecule has 0 spiro atoms. The molecular formula is C28H27ClN4OS. The van der Waals surface area contributed by atoms with Crippen LogP contribution in [0.3, 0.4) is 0 Å². The number of carbonyl (C=O) groups is 1. The molecule has 0 unspecified atom stereocenters. The molecule has 5 nitrogen and oxygen atoms in total. The molecule has 5 aromatic rings. The van der Waals surface area contributed by atoms with E-state index >= 15 is 0 Å². The first-order valence-corrected chi connectivity index (χ1v) is 12.4. The number of anilines is 1. The van der Waals surface area contributed by atoms with Crippen molar-refractivity contribution in [3.63, 3.8) is 0 Å². The minimum absolute atomic E-state index is 0. The van der Waals surface area contributed by atoms with Crippen LogP contribution in [0.2, 0.25) is 0 Å². The number of rotatable bonds is 8. The van der Waals surface area contributed by atoms with Gasteiger partial charge in [0.2, 0.25) is 0 Å². The summed E-state index contributed by atoms with van der Waals surface area (Å²) in [5, 5.41) is 0.749. The van der Waals surface area contributed by atoms with Crippen LogP contribution in [0.1, 0.15) is 29.3 Å². The Bertz CT molecular complexity index is 1380. The van der Waals surface area contributed by atoms with E-state index < -0.39 is 0 Å². The lowest BCUT2D eigenvalue weighted by atomic mass is 10.0. The molecule has 2 aromatic heterocycles. The Morgan fingerprint density at radius 1 is 0.971 bits per heavy atom. The molecule has 5 rings (SSSR count). The maximum Gasteiger partial charge on any atom is 0.260 e. The van der Waals surface area contributed by atoms with Crippen molar-refractivity contribution in [3.8, 4) is 11.1 Å². The summed E-state index contributed by atoms with van der Waals surface area (Å²) in [6.45, 7) is 3.51. The number of fused-ring (bicyclic) bond motifs is 1. The summed E-state index contributed by atoms with van der Waals surface area (Å²) < 4.78 is 3.14. The van der Waals surface area contributed by atoms with Gasteiger partial charge in [0.15, 0.2) is 5.13 Å². The summed E-state index contributed by atoms with van der Waals surface area (Å²) >= 11 is 1.58. The van der Waals surface area contributed by atoms with Gasteiger partial charge in [0, 0.05) is 31.0 Å². The first-order chi connectivity index (χ1) is 16.7. The molecule has 0 aliphatic rings. The summed E-state index contributed by atoms with van der Waals surface area (Å²) in [5.74, 6) is -0.0256. The lowest BCUT2D eigenvalue weighted by Crippen LogP contribution is -2.32. The SMILES string of the molecule is CCc1cccc2sc(N(CCCn3ccnc3)C(=O)c3ccc(-c4ccccc4)cc3)nc12.Cl. The molecule has 2 heterocycles. The van der Waals surface area contributed by atoms with Crippen molar-refractivity contribution in [2.75, 3.05) is 11.4 Å². The number of benzene rings is 3. The van der Waals surface area contributed by atoms with E-state index in [1.807, 2.05) is 58.1 Å². The molecule has 0 fully saturated rings. The fourth-order valence-electron chi connectivity index (χ4n) is 4.10. The lowest BCUT2D eigenvalue weighted by Gasteiger charge is -2.20. The van der Waals surface area contributed by atoms with Gasteiger partial charge in [-0.3, -0.25) is 9.69 Å². The van der Waals surface area contributed by atoms with E-state index in [-0.39, 0.29) is 18.3 Å². The van der Waals surface area contributed by atoms with Crippen molar-refractivity contribution >= 4 is 45.0 Å². The van der Waals surface area contributed by atoms with Crippen molar-refractivity contribution in [3.05, 3.63) is 103 Å². The molecular weight excluding hydrogens is 476 g/mol. The van der Waals surface area contributed by atoms with Gasteiger partial charge in [0.25, 0.3) is 5.91 Å². The zero-order valence-electron chi connectivity index (χ0n) is 19.5. The van der Waals surface area contributed by atoms with Crippen LogP contribution in [0.15, 0.2) is 91.5 Å². The molecule has 0 saturated carbocycles. The molecule has 0 saturated heterocycles.